The van der Waals surface area contributed by atoms with Gasteiger partial charge in [-0.05, 0) is 39.7 Å². The number of nitrogens with zero attached hydrogens (tertiary/aromatic N) is 2. The van der Waals surface area contributed by atoms with E-state index in [1.54, 1.807) is 10.0 Å². The van der Waals surface area contributed by atoms with Crippen molar-refractivity contribution in [3.05, 3.63) is 35.9 Å². The van der Waals surface area contributed by atoms with Gasteiger partial charge in [-0.15, -0.1) is 0 Å². The molecule has 0 saturated heterocycles. The number of hydrazine groups is 1. The molecular formula is C19H31N3O3. The van der Waals surface area contributed by atoms with Gasteiger partial charge in [-0.2, -0.15) is 0 Å². The van der Waals surface area contributed by atoms with E-state index in [4.69, 9.17) is 4.74 Å². The van der Waals surface area contributed by atoms with Crippen LogP contribution in [0.2, 0.25) is 0 Å². The van der Waals surface area contributed by atoms with Crippen LogP contribution in [-0.4, -0.2) is 54.3 Å². The fourth-order valence-corrected chi connectivity index (χ4v) is 2.55. The normalized spacial score (nSPS) is 12.6. The summed E-state index contributed by atoms with van der Waals surface area (Å²) in [5, 5.41) is 6.25. The highest BCUT2D eigenvalue weighted by Gasteiger charge is 2.24. The Bertz CT molecular complexity index is 553. The van der Waals surface area contributed by atoms with Crippen molar-refractivity contribution in [2.24, 2.45) is 0 Å². The molecule has 25 heavy (non-hydrogen) atoms. The van der Waals surface area contributed by atoms with Gasteiger partial charge in [0.05, 0.1) is 0 Å². The molecular weight excluding hydrogens is 318 g/mol. The molecule has 0 radical (unpaired) electrons. The third-order valence-electron chi connectivity index (χ3n) is 3.54. The number of ether oxygens (including phenoxy) is 1. The Kier molecular flexibility index (Phi) is 7.90. The maximum atomic E-state index is 12.6. The Labute approximate surface area is 151 Å². The molecule has 0 heterocycles. The van der Waals surface area contributed by atoms with E-state index in [-0.39, 0.29) is 18.4 Å². The van der Waals surface area contributed by atoms with Gasteiger partial charge in [0.25, 0.3) is 0 Å². The number of hydrogen-bond acceptors (Lipinski definition) is 4. The van der Waals surface area contributed by atoms with Crippen LogP contribution in [0.15, 0.2) is 30.3 Å². The molecule has 1 atom stereocenters. The summed E-state index contributed by atoms with van der Waals surface area (Å²) in [7, 11) is 3.66. The van der Waals surface area contributed by atoms with Crippen molar-refractivity contribution < 1.29 is 14.3 Å². The van der Waals surface area contributed by atoms with Crippen molar-refractivity contribution in [1.29, 1.82) is 0 Å². The van der Waals surface area contributed by atoms with Gasteiger partial charge in [-0.1, -0.05) is 30.3 Å². The van der Waals surface area contributed by atoms with E-state index < -0.39 is 11.7 Å². The fourth-order valence-electron chi connectivity index (χ4n) is 2.55. The van der Waals surface area contributed by atoms with Crippen molar-refractivity contribution >= 4 is 12.0 Å². The summed E-state index contributed by atoms with van der Waals surface area (Å²) in [4.78, 5) is 24.7. The third kappa shape index (κ3) is 8.03. The van der Waals surface area contributed by atoms with Gasteiger partial charge in [0.2, 0.25) is 5.91 Å². The molecule has 0 aliphatic rings. The summed E-state index contributed by atoms with van der Waals surface area (Å²) in [5.41, 5.74) is 0.481. The van der Waals surface area contributed by atoms with Crippen LogP contribution >= 0.6 is 0 Å². The monoisotopic (exact) mass is 349 g/mol. The SMILES string of the molecule is CCN(C(=O)C[C@H](Cc1ccccc1)NC(=O)OC(C)(C)C)N(C)C. The summed E-state index contributed by atoms with van der Waals surface area (Å²) in [6.07, 6.45) is 0.269. The molecule has 1 aromatic carbocycles. The molecule has 140 valence electrons. The topological polar surface area (TPSA) is 61.9 Å². The van der Waals surface area contributed by atoms with Crippen LogP contribution in [0.3, 0.4) is 0 Å². The van der Waals surface area contributed by atoms with Crippen molar-refractivity contribution in [3.8, 4) is 0 Å². The van der Waals surface area contributed by atoms with Crippen molar-refractivity contribution in [2.75, 3.05) is 20.6 Å². The molecule has 0 saturated carbocycles. The van der Waals surface area contributed by atoms with E-state index in [2.05, 4.69) is 5.32 Å². The second-order valence-electron chi connectivity index (χ2n) is 7.19. The lowest BCUT2D eigenvalue weighted by Crippen LogP contribution is -2.47. The molecule has 0 spiro atoms. The minimum atomic E-state index is -0.579. The van der Waals surface area contributed by atoms with E-state index in [0.717, 1.165) is 5.56 Å². The van der Waals surface area contributed by atoms with Crippen molar-refractivity contribution in [1.82, 2.24) is 15.3 Å². The summed E-state index contributed by atoms with van der Waals surface area (Å²) in [6.45, 7) is 7.94. The number of rotatable bonds is 7. The van der Waals surface area contributed by atoms with Gasteiger partial charge in [-0.3, -0.25) is 9.80 Å². The van der Waals surface area contributed by atoms with Crippen LogP contribution in [0.4, 0.5) is 4.79 Å². The zero-order valence-corrected chi connectivity index (χ0v) is 16.2. The standard InChI is InChI=1S/C19H31N3O3/c1-7-22(21(5)6)17(23)14-16(13-15-11-9-8-10-12-15)20-18(24)25-19(2,3)4/h8-12,16H,7,13-14H2,1-6H3,(H,20,24)/t16-/m0/s1. The van der Waals surface area contributed by atoms with Crippen molar-refractivity contribution in [2.45, 2.75) is 52.2 Å². The number of benzene rings is 1. The molecule has 1 N–H and O–H groups in total. The Hall–Kier alpha value is -2.08. The number of amides is 2. The molecule has 6 heteroatoms. The minimum absolute atomic E-state index is 0.0375. The number of carbonyl (C=O) groups excluding carboxylic acids is 2. The summed E-state index contributed by atoms with van der Waals surface area (Å²) < 4.78 is 5.34. The van der Waals surface area contributed by atoms with Gasteiger partial charge < -0.3 is 10.1 Å². The lowest BCUT2D eigenvalue weighted by atomic mass is 10.0. The average Bonchev–Trinajstić information content (AvgIpc) is 2.46. The highest BCUT2D eigenvalue weighted by Crippen LogP contribution is 2.11. The van der Waals surface area contributed by atoms with Gasteiger partial charge in [-0.25, -0.2) is 9.80 Å². The third-order valence-corrected chi connectivity index (χ3v) is 3.54. The summed E-state index contributed by atoms with van der Waals surface area (Å²) in [5.74, 6) is -0.0375. The first-order valence-corrected chi connectivity index (χ1v) is 8.63. The lowest BCUT2D eigenvalue weighted by Gasteiger charge is -2.30. The Morgan fingerprint density at radius 1 is 1.16 bits per heavy atom. The lowest BCUT2D eigenvalue weighted by molar-refractivity contribution is -0.144. The second-order valence-corrected chi connectivity index (χ2v) is 7.19. The Morgan fingerprint density at radius 2 is 1.76 bits per heavy atom. The highest BCUT2D eigenvalue weighted by atomic mass is 16.6. The summed E-state index contributed by atoms with van der Waals surface area (Å²) >= 11 is 0. The number of carbonyl (C=O) groups is 2. The van der Waals surface area contributed by atoms with E-state index >= 15 is 0 Å². The van der Waals surface area contributed by atoms with Gasteiger partial charge in [0, 0.05) is 33.1 Å². The first-order valence-electron chi connectivity index (χ1n) is 8.63. The van der Waals surface area contributed by atoms with Crippen LogP contribution in [-0.2, 0) is 16.0 Å². The number of nitrogens with one attached hydrogen (secondary N) is 1. The van der Waals surface area contributed by atoms with Crippen LogP contribution < -0.4 is 5.32 Å². The maximum absolute atomic E-state index is 12.6. The predicted octanol–water partition coefficient (Wildman–Crippen LogP) is 2.84. The van der Waals surface area contributed by atoms with Crippen molar-refractivity contribution in [3.63, 3.8) is 0 Å². The second kappa shape index (κ2) is 9.42. The molecule has 0 bridgehead atoms. The zero-order chi connectivity index (χ0) is 19.0. The maximum Gasteiger partial charge on any atom is 0.407 e. The van der Waals surface area contributed by atoms with Gasteiger partial charge in [0.1, 0.15) is 5.60 Å². The van der Waals surface area contributed by atoms with Gasteiger partial charge >= 0.3 is 6.09 Å². The quantitative estimate of drug-likeness (QED) is 0.769. The summed E-state index contributed by atoms with van der Waals surface area (Å²) in [6, 6.07) is 9.46. The first kappa shape index (κ1) is 21.0. The smallest absolute Gasteiger partial charge is 0.407 e. The predicted molar refractivity (Wildman–Crippen MR) is 99.0 cm³/mol. The Balaban J connectivity index is 2.83. The van der Waals surface area contributed by atoms with Gasteiger partial charge in [0.15, 0.2) is 0 Å². The molecule has 1 aromatic rings. The van der Waals surface area contributed by atoms with Crippen LogP contribution in [0, 0.1) is 0 Å². The first-order chi connectivity index (χ1) is 11.6. The average molecular weight is 349 g/mol. The minimum Gasteiger partial charge on any atom is -0.444 e. The zero-order valence-electron chi connectivity index (χ0n) is 16.2. The molecule has 0 unspecified atom stereocenters. The van der Waals surface area contributed by atoms with E-state index in [0.29, 0.717) is 13.0 Å². The molecule has 6 nitrogen and oxygen atoms in total. The largest absolute Gasteiger partial charge is 0.444 e. The van der Waals surface area contributed by atoms with E-state index in [1.165, 1.54) is 0 Å². The van der Waals surface area contributed by atoms with Crippen LogP contribution in [0.5, 0.6) is 0 Å². The molecule has 0 aliphatic heterocycles. The molecule has 1 rings (SSSR count). The van der Waals surface area contributed by atoms with E-state index in [1.807, 2.05) is 72.1 Å². The number of alkyl carbamates (subject to hydrolysis) is 1. The van der Waals surface area contributed by atoms with Crippen LogP contribution in [0.25, 0.3) is 0 Å². The number of hydrogen-bond donors (Lipinski definition) is 1. The molecule has 0 aromatic heterocycles. The van der Waals surface area contributed by atoms with E-state index in [9.17, 15) is 9.59 Å². The Morgan fingerprint density at radius 3 is 2.24 bits per heavy atom. The molecule has 0 fully saturated rings. The van der Waals surface area contributed by atoms with Crippen LogP contribution in [0.1, 0.15) is 39.7 Å². The fraction of sp³-hybridized carbons (Fsp3) is 0.579. The highest BCUT2D eigenvalue weighted by molar-refractivity contribution is 5.77. The molecule has 0 aliphatic carbocycles. The molecule has 2 amide bonds.